The Morgan fingerprint density at radius 3 is 0.776 bits per heavy atom. The van der Waals surface area contributed by atoms with Crippen molar-refractivity contribution in [1.29, 1.82) is 0 Å². The summed E-state index contributed by atoms with van der Waals surface area (Å²) in [6.45, 7) is 25.1. The van der Waals surface area contributed by atoms with Gasteiger partial charge in [0, 0.05) is 63.6 Å². The molecule has 2 fully saturated rings. The molecule has 2 saturated heterocycles. The van der Waals surface area contributed by atoms with E-state index in [1.807, 2.05) is 158 Å². The Bertz CT molecular complexity index is 2610. The van der Waals surface area contributed by atoms with Crippen molar-refractivity contribution >= 4 is 47.7 Å². The Hall–Kier alpha value is -5.16. The summed E-state index contributed by atoms with van der Waals surface area (Å²) in [6.07, 6.45) is 24.0. The summed E-state index contributed by atoms with van der Waals surface area (Å²) >= 11 is 0. The molecular formula is C54H80B4Fe2N12O4. The first-order valence-electron chi connectivity index (χ1n) is 26.5. The molecule has 76 heavy (non-hydrogen) atoms. The Morgan fingerprint density at radius 1 is 0.355 bits per heavy atom. The monoisotopic (exact) mass is 1120 g/mol. The van der Waals surface area contributed by atoms with Crippen LogP contribution in [-0.2, 0) is 43.6 Å². The number of ether oxygens (including phenoxy) is 2. The molecule has 0 spiro atoms. The molecule has 2 aromatic carbocycles. The van der Waals surface area contributed by atoms with Crippen LogP contribution >= 0.6 is 0 Å². The zero-order valence-electron chi connectivity index (χ0n) is 46.8. The van der Waals surface area contributed by atoms with E-state index in [-0.39, 0.29) is 44.8 Å². The van der Waals surface area contributed by atoms with E-state index in [0.717, 1.165) is 48.3 Å². The number of hydrogen-bond donors (Lipinski definition) is 2. The molecule has 0 bridgehead atoms. The summed E-state index contributed by atoms with van der Waals surface area (Å²) in [7, 11) is 0. The quantitative estimate of drug-likeness (QED) is 0.134. The summed E-state index contributed by atoms with van der Waals surface area (Å²) in [6, 6.07) is 27.9. The largest absolute Gasteiger partial charge is 2.00 e. The summed E-state index contributed by atoms with van der Waals surface area (Å²) < 4.78 is 21.4. The maximum Gasteiger partial charge on any atom is 2.00 e. The Morgan fingerprint density at radius 2 is 0.592 bits per heavy atom. The smallest absolute Gasteiger partial charge is 0.583 e. The van der Waals surface area contributed by atoms with Crippen LogP contribution in [0.4, 0.5) is 0 Å². The first kappa shape index (κ1) is 61.7. The van der Waals surface area contributed by atoms with Crippen molar-refractivity contribution in [1.82, 2.24) is 58.1 Å². The number of nitrogens with zero attached hydrogens (tertiary/aromatic N) is 12. The third-order valence-corrected chi connectivity index (χ3v) is 15.6. The van der Waals surface area contributed by atoms with Gasteiger partial charge in [0.2, 0.25) is 0 Å². The molecule has 8 heterocycles. The number of hydrogen-bond acceptors (Lipinski definition) is 10. The minimum Gasteiger partial charge on any atom is -0.583 e. The fraction of sp³-hybridized carbons (Fsp3) is 0.444. The van der Waals surface area contributed by atoms with Crippen LogP contribution in [0.15, 0.2) is 159 Å². The predicted molar refractivity (Wildman–Crippen MR) is 304 cm³/mol. The zero-order chi connectivity index (χ0) is 53.5. The van der Waals surface area contributed by atoms with E-state index in [4.69, 9.17) is 9.47 Å². The van der Waals surface area contributed by atoms with E-state index in [0.29, 0.717) is 0 Å². The molecule has 0 unspecified atom stereocenters. The molecule has 0 saturated carbocycles. The third kappa shape index (κ3) is 11.9. The van der Waals surface area contributed by atoms with Gasteiger partial charge in [-0.25, -0.2) is 30.6 Å². The van der Waals surface area contributed by atoms with Crippen molar-refractivity contribution in [2.24, 2.45) is 0 Å². The van der Waals surface area contributed by atoms with Crippen LogP contribution in [0.5, 0.6) is 0 Å². The fourth-order valence-electron chi connectivity index (χ4n) is 11.7. The zero-order valence-corrected chi connectivity index (χ0v) is 49.0. The van der Waals surface area contributed by atoms with E-state index in [9.17, 15) is 10.0 Å². The van der Waals surface area contributed by atoms with Crippen LogP contribution in [0, 0.1) is 0 Å². The molecule has 8 aromatic rings. The van der Waals surface area contributed by atoms with Crippen LogP contribution in [0.1, 0.15) is 109 Å². The van der Waals surface area contributed by atoms with E-state index in [2.05, 4.69) is 96.4 Å². The molecular weight excluding hydrogens is 1040 g/mol. The van der Waals surface area contributed by atoms with E-state index < -0.39 is 36.4 Å². The minimum absolute atomic E-state index is 0. The average Bonchev–Trinajstić information content (AvgIpc) is 4.20. The van der Waals surface area contributed by atoms with E-state index in [1.165, 1.54) is 25.7 Å². The summed E-state index contributed by atoms with van der Waals surface area (Å²) in [5.41, 5.74) is 3.74. The van der Waals surface area contributed by atoms with Gasteiger partial charge in [-0.1, -0.05) is 119 Å². The SMILES string of the molecule is C1CCOC1.C1CCOC1.CC(C)(C)[B-](c1cccc([B@-](O)(n2cccn2)C(C)(C)C)c1)(n1cccn1)n1cccn1.CC(C)(C)[B-](c1cccc([B@@-](O)(n2cccn2)C(C)(C)C)c1)(n1cccn1)n1cccn1.[Fe+2].[Fe+2]. The van der Waals surface area contributed by atoms with Crippen LogP contribution in [-0.4, -0.2) is 120 Å². The standard InChI is InChI=1S/2C23H32B2N6O.2C4H8O.2Fe/c2*1-22(2,3)24(29-16-8-13-26-29,30-17-9-14-27-30)20-11-7-12-21(19-20)25(32,23(4,5)6)31-18-10-15-28-31;2*1-2-4-5-3-1;;/h2*7-19,32H,1-6H3;2*1-4H2;;/q2*-2;;;2*+2/t2*25-;;;;/m10..../s1. The second-order valence-corrected chi connectivity index (χ2v) is 24.5. The molecule has 6 aromatic heterocycles. The predicted octanol–water partition coefficient (Wildman–Crippen LogP) is 7.21. The van der Waals surface area contributed by atoms with Crippen molar-refractivity contribution in [3.63, 3.8) is 0 Å². The van der Waals surface area contributed by atoms with E-state index >= 15 is 0 Å². The molecule has 2 aliphatic heterocycles. The van der Waals surface area contributed by atoms with Gasteiger partial charge in [0.05, 0.1) is 0 Å². The maximum absolute atomic E-state index is 12.2. The van der Waals surface area contributed by atoms with Crippen molar-refractivity contribution in [2.45, 2.75) is 130 Å². The molecule has 22 heteroatoms. The van der Waals surface area contributed by atoms with Crippen LogP contribution < -0.4 is 21.9 Å². The first-order chi connectivity index (χ1) is 35.1. The summed E-state index contributed by atoms with van der Waals surface area (Å²) in [5, 5.41) is 50.5. The normalized spacial score (nSPS) is 15.8. The third-order valence-electron chi connectivity index (χ3n) is 15.6. The average molecular weight is 1120 g/mol. The minimum atomic E-state index is -2.20. The van der Waals surface area contributed by atoms with Gasteiger partial charge in [-0.3, -0.25) is 0 Å². The molecule has 0 aliphatic carbocycles. The topological polar surface area (TPSA) is 166 Å². The molecule has 16 nitrogen and oxygen atoms in total. The number of rotatable bonds is 10. The molecule has 2 N–H and O–H groups in total. The molecule has 0 radical (unpaired) electrons. The molecule has 0 amide bonds. The van der Waals surface area contributed by atoms with Gasteiger partial charge >= 0.3 is 34.1 Å². The molecule has 2 aliphatic rings. The summed E-state index contributed by atoms with van der Waals surface area (Å²) in [4.78, 5) is 0. The van der Waals surface area contributed by atoms with Gasteiger partial charge < -0.3 is 47.1 Å². The van der Waals surface area contributed by atoms with Crippen molar-refractivity contribution in [3.8, 4) is 0 Å². The summed E-state index contributed by atoms with van der Waals surface area (Å²) in [5.74, 6) is 0. The molecule has 408 valence electrons. The first-order valence-corrected chi connectivity index (χ1v) is 26.5. The van der Waals surface area contributed by atoms with Crippen molar-refractivity contribution < 1.29 is 53.7 Å². The van der Waals surface area contributed by atoms with Crippen molar-refractivity contribution in [2.75, 3.05) is 26.4 Å². The maximum atomic E-state index is 12.2. The van der Waals surface area contributed by atoms with Gasteiger partial charge in [-0.05, 0) is 99.3 Å². The number of aromatic nitrogens is 12. The Kier molecular flexibility index (Phi) is 20.4. The fourth-order valence-corrected chi connectivity index (χ4v) is 11.7. The number of benzene rings is 2. The Labute approximate surface area is 472 Å². The van der Waals surface area contributed by atoms with Gasteiger partial charge in [0.1, 0.15) is 0 Å². The van der Waals surface area contributed by atoms with Gasteiger partial charge in [-0.15, -0.1) is 33.4 Å². The molecule has 2 atom stereocenters. The van der Waals surface area contributed by atoms with Crippen molar-refractivity contribution in [3.05, 3.63) is 159 Å². The van der Waals surface area contributed by atoms with Crippen LogP contribution in [0.3, 0.4) is 0 Å². The second-order valence-electron chi connectivity index (χ2n) is 24.5. The van der Waals surface area contributed by atoms with E-state index in [1.54, 1.807) is 46.4 Å². The van der Waals surface area contributed by atoms with Crippen LogP contribution in [0.25, 0.3) is 0 Å². The second kappa shape index (κ2) is 25.1. The van der Waals surface area contributed by atoms with Gasteiger partial charge in [0.25, 0.3) is 25.8 Å². The van der Waals surface area contributed by atoms with Crippen LogP contribution in [0.2, 0.25) is 21.3 Å². The molecule has 10 rings (SSSR count). The van der Waals surface area contributed by atoms with Gasteiger partial charge in [0.15, 0.2) is 0 Å². The Balaban J connectivity index is 0.000000231. The van der Waals surface area contributed by atoms with Gasteiger partial charge in [-0.2, -0.15) is 21.9 Å².